The van der Waals surface area contributed by atoms with E-state index in [1.165, 1.54) is 12.0 Å². The molecule has 0 bridgehead atoms. The molecule has 4 unspecified atom stereocenters. The number of imidazole rings is 1. The summed E-state index contributed by atoms with van der Waals surface area (Å²) < 4.78 is 32.0. The fourth-order valence-corrected chi connectivity index (χ4v) is 5.14. The first-order valence-electron chi connectivity index (χ1n) is 11.7. The van der Waals surface area contributed by atoms with Gasteiger partial charge in [0.05, 0.1) is 30.9 Å². The van der Waals surface area contributed by atoms with Gasteiger partial charge >= 0.3 is 8.60 Å². The third-order valence-corrected chi connectivity index (χ3v) is 7.25. The summed E-state index contributed by atoms with van der Waals surface area (Å²) in [6, 6.07) is 7.83. The van der Waals surface area contributed by atoms with Crippen LogP contribution in [0, 0.1) is 5.92 Å². The molecular formula is C23H32N5O5PS. The molecule has 35 heavy (non-hydrogen) atoms. The number of hydrogen-bond acceptors (Lipinski definition) is 9. The SMILES string of the molecule is CCOP(OC1=CC(C(C)C)OC1COSCn1nnc2ccccc21)OC(C)Cc1ncc[nH]1. The van der Waals surface area contributed by atoms with Crippen LogP contribution in [-0.2, 0) is 34.8 Å². The van der Waals surface area contributed by atoms with Crippen molar-refractivity contribution in [2.75, 3.05) is 13.2 Å². The maximum Gasteiger partial charge on any atom is 0.397 e. The van der Waals surface area contributed by atoms with Gasteiger partial charge in [-0.3, -0.25) is 4.52 Å². The van der Waals surface area contributed by atoms with E-state index in [-0.39, 0.29) is 18.3 Å². The van der Waals surface area contributed by atoms with Gasteiger partial charge in [0.2, 0.25) is 0 Å². The fourth-order valence-electron chi connectivity index (χ4n) is 3.47. The largest absolute Gasteiger partial charge is 0.429 e. The minimum Gasteiger partial charge on any atom is -0.429 e. The van der Waals surface area contributed by atoms with Crippen LogP contribution in [0.3, 0.4) is 0 Å². The Labute approximate surface area is 210 Å². The van der Waals surface area contributed by atoms with E-state index in [2.05, 4.69) is 34.1 Å². The second-order valence-corrected chi connectivity index (χ2v) is 10.2. The standard InChI is InChI=1S/C23H32N5O5PS/c1-5-29-34(32-17(4)12-23-24-10-11-25-23)33-21-13-20(16(2)3)31-22(21)14-30-35-15-28-19-9-7-6-8-18(19)26-27-28/h6-11,13,16-17,20,22H,5,12,14-15H2,1-4H3,(H,24,25). The maximum atomic E-state index is 6.21. The average Bonchev–Trinajstić information content (AvgIpc) is 3.58. The summed E-state index contributed by atoms with van der Waals surface area (Å²) in [6.45, 7) is 8.91. The van der Waals surface area contributed by atoms with Gasteiger partial charge in [0.25, 0.3) is 0 Å². The van der Waals surface area contributed by atoms with Crippen molar-refractivity contribution in [1.82, 2.24) is 25.0 Å². The third-order valence-electron chi connectivity index (χ3n) is 5.24. The number of aromatic nitrogens is 5. The summed E-state index contributed by atoms with van der Waals surface area (Å²) >= 11 is 1.30. The molecule has 10 nitrogen and oxygen atoms in total. The van der Waals surface area contributed by atoms with Crippen LogP contribution in [0.15, 0.2) is 48.5 Å². The van der Waals surface area contributed by atoms with Crippen molar-refractivity contribution in [1.29, 1.82) is 0 Å². The molecule has 1 N–H and O–H groups in total. The Kier molecular flexibility index (Phi) is 9.53. The molecule has 4 rings (SSSR count). The molecular weight excluding hydrogens is 489 g/mol. The van der Waals surface area contributed by atoms with Gasteiger partial charge < -0.3 is 23.0 Å². The van der Waals surface area contributed by atoms with Crippen LogP contribution in [0.25, 0.3) is 11.0 Å². The predicted octanol–water partition coefficient (Wildman–Crippen LogP) is 5.01. The van der Waals surface area contributed by atoms with Gasteiger partial charge in [-0.05, 0) is 38.0 Å². The molecule has 0 amide bonds. The van der Waals surface area contributed by atoms with Gasteiger partial charge in [-0.15, -0.1) is 5.10 Å². The quantitative estimate of drug-likeness (QED) is 0.178. The van der Waals surface area contributed by atoms with Crippen LogP contribution in [0.4, 0.5) is 0 Å². The third kappa shape index (κ3) is 7.25. The highest BCUT2D eigenvalue weighted by Gasteiger charge is 2.34. The van der Waals surface area contributed by atoms with Crippen molar-refractivity contribution in [2.24, 2.45) is 5.92 Å². The number of rotatable bonds is 14. The number of benzene rings is 1. The summed E-state index contributed by atoms with van der Waals surface area (Å²) in [6.07, 6.45) is 5.61. The predicted molar refractivity (Wildman–Crippen MR) is 135 cm³/mol. The Morgan fingerprint density at radius 2 is 2.11 bits per heavy atom. The molecule has 0 spiro atoms. The van der Waals surface area contributed by atoms with Crippen LogP contribution in [-0.4, -0.2) is 56.5 Å². The zero-order valence-corrected chi connectivity index (χ0v) is 22.1. The van der Waals surface area contributed by atoms with Crippen molar-refractivity contribution >= 4 is 31.7 Å². The molecule has 2 aromatic heterocycles. The molecule has 3 heterocycles. The van der Waals surface area contributed by atoms with Crippen LogP contribution in [0.1, 0.15) is 33.5 Å². The topological polar surface area (TPSA) is 106 Å². The van der Waals surface area contributed by atoms with E-state index >= 15 is 0 Å². The Morgan fingerprint density at radius 1 is 1.26 bits per heavy atom. The lowest BCUT2D eigenvalue weighted by molar-refractivity contribution is -0.00165. The number of aromatic amines is 1. The minimum absolute atomic E-state index is 0.0677. The molecule has 12 heteroatoms. The van der Waals surface area contributed by atoms with Crippen molar-refractivity contribution in [3.63, 3.8) is 0 Å². The minimum atomic E-state index is -1.60. The molecule has 0 saturated heterocycles. The monoisotopic (exact) mass is 521 g/mol. The first-order valence-corrected chi connectivity index (χ1v) is 13.7. The zero-order chi connectivity index (χ0) is 24.6. The van der Waals surface area contributed by atoms with E-state index in [0.29, 0.717) is 37.2 Å². The number of fused-ring (bicyclic) bond motifs is 1. The molecule has 0 radical (unpaired) electrons. The second kappa shape index (κ2) is 12.8. The summed E-state index contributed by atoms with van der Waals surface area (Å²) in [5.41, 5.74) is 1.82. The lowest BCUT2D eigenvalue weighted by atomic mass is 10.1. The molecule has 1 aliphatic heterocycles. The van der Waals surface area contributed by atoms with Crippen molar-refractivity contribution < 1.29 is 22.5 Å². The van der Waals surface area contributed by atoms with Gasteiger partial charge in [0.1, 0.15) is 29.1 Å². The number of ether oxygens (including phenoxy) is 1. The normalized spacial score (nSPS) is 19.9. The molecule has 0 saturated carbocycles. The lowest BCUT2D eigenvalue weighted by Crippen LogP contribution is -2.23. The molecule has 4 atom stereocenters. The highest BCUT2D eigenvalue weighted by Crippen LogP contribution is 2.46. The average molecular weight is 522 g/mol. The van der Waals surface area contributed by atoms with Gasteiger partial charge in [-0.1, -0.05) is 31.2 Å². The highest BCUT2D eigenvalue weighted by atomic mass is 32.2. The highest BCUT2D eigenvalue weighted by molar-refractivity contribution is 7.93. The van der Waals surface area contributed by atoms with Gasteiger partial charge in [0.15, 0.2) is 0 Å². The Bertz CT molecular complexity index is 1080. The molecule has 190 valence electrons. The van der Waals surface area contributed by atoms with Crippen LogP contribution in [0.2, 0.25) is 0 Å². The summed E-state index contributed by atoms with van der Waals surface area (Å²) in [5.74, 6) is 2.35. The molecule has 1 aromatic carbocycles. The fraction of sp³-hybridized carbons (Fsp3) is 0.522. The van der Waals surface area contributed by atoms with E-state index in [9.17, 15) is 0 Å². The van der Waals surface area contributed by atoms with Crippen LogP contribution in [0.5, 0.6) is 0 Å². The van der Waals surface area contributed by atoms with E-state index in [1.807, 2.05) is 48.9 Å². The Hall–Kier alpha value is -2.01. The Balaban J connectivity index is 1.32. The zero-order valence-electron chi connectivity index (χ0n) is 20.4. The number of hydrogen-bond donors (Lipinski definition) is 1. The maximum absolute atomic E-state index is 6.21. The summed E-state index contributed by atoms with van der Waals surface area (Å²) in [4.78, 5) is 7.36. The first kappa shape index (κ1) is 26.1. The Morgan fingerprint density at radius 3 is 2.89 bits per heavy atom. The van der Waals surface area contributed by atoms with Gasteiger partial charge in [-0.2, -0.15) is 0 Å². The van der Waals surface area contributed by atoms with Gasteiger partial charge in [0, 0.05) is 30.9 Å². The molecule has 1 aliphatic rings. The number of nitrogens with one attached hydrogen (secondary N) is 1. The number of H-pyrrole nitrogens is 1. The van der Waals surface area contributed by atoms with E-state index in [0.717, 1.165) is 16.9 Å². The van der Waals surface area contributed by atoms with E-state index in [1.54, 1.807) is 12.4 Å². The van der Waals surface area contributed by atoms with Crippen LogP contribution >= 0.6 is 20.6 Å². The van der Waals surface area contributed by atoms with Crippen molar-refractivity contribution in [2.45, 2.75) is 58.3 Å². The van der Waals surface area contributed by atoms with Crippen molar-refractivity contribution in [3.05, 3.63) is 54.3 Å². The van der Waals surface area contributed by atoms with Crippen LogP contribution < -0.4 is 0 Å². The molecule has 0 fully saturated rings. The number of nitrogens with zero attached hydrogens (tertiary/aromatic N) is 4. The second-order valence-electron chi connectivity index (χ2n) is 8.40. The number of para-hydroxylation sites is 1. The lowest BCUT2D eigenvalue weighted by Gasteiger charge is -2.23. The smallest absolute Gasteiger partial charge is 0.397 e. The first-order chi connectivity index (χ1) is 17.0. The van der Waals surface area contributed by atoms with E-state index in [4.69, 9.17) is 22.5 Å². The van der Waals surface area contributed by atoms with Gasteiger partial charge in [-0.25, -0.2) is 9.67 Å². The summed E-state index contributed by atoms with van der Waals surface area (Å²) in [5, 5.41) is 8.36. The van der Waals surface area contributed by atoms with Crippen molar-refractivity contribution in [3.8, 4) is 0 Å². The van der Waals surface area contributed by atoms with E-state index < -0.39 is 8.60 Å². The molecule has 0 aliphatic carbocycles. The summed E-state index contributed by atoms with van der Waals surface area (Å²) in [7, 11) is -1.60. The molecule has 3 aromatic rings.